The van der Waals surface area contributed by atoms with Gasteiger partial charge < -0.3 is 14.8 Å². The fourth-order valence-electron chi connectivity index (χ4n) is 3.07. The first-order chi connectivity index (χ1) is 13.3. The van der Waals surface area contributed by atoms with Crippen molar-refractivity contribution < 1.29 is 22.7 Å². The van der Waals surface area contributed by atoms with Crippen LogP contribution in [0.5, 0.6) is 0 Å². The van der Waals surface area contributed by atoms with Crippen LogP contribution in [0.15, 0.2) is 24.3 Å². The quantitative estimate of drug-likeness (QED) is 0.614. The fraction of sp³-hybridized carbons (Fsp3) is 0.650. The van der Waals surface area contributed by atoms with E-state index in [1.165, 1.54) is 0 Å². The first kappa shape index (κ1) is 22.8. The zero-order valence-corrected chi connectivity index (χ0v) is 17.8. The summed E-state index contributed by atoms with van der Waals surface area (Å²) in [4.78, 5) is 12.3. The lowest BCUT2D eigenvalue weighted by molar-refractivity contribution is -0.135. The minimum atomic E-state index is -3.43. The van der Waals surface area contributed by atoms with E-state index in [-0.39, 0.29) is 30.4 Å². The molecule has 158 valence electrons. The number of hydrogen-bond donors (Lipinski definition) is 2. The third kappa shape index (κ3) is 7.87. The summed E-state index contributed by atoms with van der Waals surface area (Å²) in [7, 11) is -3.43. The van der Waals surface area contributed by atoms with E-state index in [1.54, 1.807) is 32.9 Å². The minimum absolute atomic E-state index is 0.0587. The third-order valence-corrected chi connectivity index (χ3v) is 6.03. The normalized spacial score (nSPS) is 18.8. The van der Waals surface area contributed by atoms with Gasteiger partial charge in [0, 0.05) is 19.2 Å². The molecule has 1 fully saturated rings. The van der Waals surface area contributed by atoms with E-state index in [9.17, 15) is 13.2 Å². The number of ether oxygens (including phenoxy) is 2. The predicted octanol–water partition coefficient (Wildman–Crippen LogP) is 2.10. The van der Waals surface area contributed by atoms with Crippen molar-refractivity contribution in [3.63, 3.8) is 0 Å². The number of carbonyl (C=O) groups excluding carboxylic acids is 1. The van der Waals surface area contributed by atoms with Gasteiger partial charge in [0.2, 0.25) is 15.9 Å². The second kappa shape index (κ2) is 10.9. The summed E-state index contributed by atoms with van der Waals surface area (Å²) >= 11 is 0. The minimum Gasteiger partial charge on any atom is -0.376 e. The highest BCUT2D eigenvalue weighted by atomic mass is 32.2. The molecule has 2 N–H and O–H groups in total. The summed E-state index contributed by atoms with van der Waals surface area (Å²) in [6.45, 7) is 6.68. The molecular weight excluding hydrogens is 380 g/mol. The highest BCUT2D eigenvalue weighted by Gasteiger charge is 2.20. The smallest absolute Gasteiger partial charge is 0.249 e. The molecule has 1 aliphatic rings. The van der Waals surface area contributed by atoms with Gasteiger partial charge in [-0.3, -0.25) is 4.79 Å². The Balaban J connectivity index is 1.86. The van der Waals surface area contributed by atoms with Crippen LogP contribution in [0.25, 0.3) is 0 Å². The van der Waals surface area contributed by atoms with Crippen molar-refractivity contribution in [1.29, 1.82) is 0 Å². The molecule has 1 aromatic carbocycles. The molecule has 28 heavy (non-hydrogen) atoms. The van der Waals surface area contributed by atoms with Gasteiger partial charge in [-0.1, -0.05) is 24.3 Å². The van der Waals surface area contributed by atoms with E-state index in [0.717, 1.165) is 31.4 Å². The molecule has 1 amide bonds. The molecule has 0 spiro atoms. The van der Waals surface area contributed by atoms with Crippen molar-refractivity contribution in [3.8, 4) is 0 Å². The largest absolute Gasteiger partial charge is 0.376 e. The van der Waals surface area contributed by atoms with Crippen LogP contribution in [-0.4, -0.2) is 45.8 Å². The molecule has 1 aliphatic heterocycles. The fourth-order valence-corrected chi connectivity index (χ4v) is 4.56. The number of rotatable bonds is 10. The Morgan fingerprint density at radius 1 is 1.21 bits per heavy atom. The lowest BCUT2D eigenvalue weighted by Crippen LogP contribution is -2.37. The number of hydrogen-bond acceptors (Lipinski definition) is 5. The number of sulfonamides is 1. The lowest BCUT2D eigenvalue weighted by Gasteiger charge is -2.24. The van der Waals surface area contributed by atoms with Crippen molar-refractivity contribution >= 4 is 15.9 Å². The van der Waals surface area contributed by atoms with Crippen molar-refractivity contribution in [3.05, 3.63) is 35.4 Å². The maximum Gasteiger partial charge on any atom is 0.249 e. The van der Waals surface area contributed by atoms with Crippen LogP contribution < -0.4 is 10.0 Å². The standard InChI is InChI=1S/C20H32N2O5S/c1-15(2)22-28(24,25)14-18-9-5-4-8-17(18)12-21-20(23)16(3)27-13-19-10-6-7-11-26-19/h4-5,8-9,15-16,19,22H,6-7,10-14H2,1-3H3,(H,21,23). The zero-order chi connectivity index (χ0) is 20.6. The van der Waals surface area contributed by atoms with Gasteiger partial charge in [-0.05, 0) is 51.2 Å². The second-order valence-electron chi connectivity index (χ2n) is 7.48. The van der Waals surface area contributed by atoms with Gasteiger partial charge in [-0.2, -0.15) is 0 Å². The van der Waals surface area contributed by atoms with E-state index in [4.69, 9.17) is 9.47 Å². The first-order valence-corrected chi connectivity index (χ1v) is 11.5. The van der Waals surface area contributed by atoms with E-state index < -0.39 is 16.1 Å². The number of benzene rings is 1. The van der Waals surface area contributed by atoms with Gasteiger partial charge in [0.1, 0.15) is 6.10 Å². The van der Waals surface area contributed by atoms with Gasteiger partial charge >= 0.3 is 0 Å². The third-order valence-electron chi connectivity index (χ3n) is 4.51. The Kier molecular flexibility index (Phi) is 8.88. The molecule has 1 aromatic rings. The summed E-state index contributed by atoms with van der Waals surface area (Å²) in [6.07, 6.45) is 2.63. The summed E-state index contributed by atoms with van der Waals surface area (Å²) in [6, 6.07) is 7.04. The number of nitrogens with one attached hydrogen (secondary N) is 2. The Labute approximate surface area is 168 Å². The average molecular weight is 413 g/mol. The maximum atomic E-state index is 12.3. The molecule has 1 heterocycles. The molecule has 2 rings (SSSR count). The van der Waals surface area contributed by atoms with Gasteiger partial charge in [-0.25, -0.2) is 13.1 Å². The summed E-state index contributed by atoms with van der Waals surface area (Å²) < 4.78 is 38.3. The molecule has 1 saturated heterocycles. The monoisotopic (exact) mass is 412 g/mol. The Hall–Kier alpha value is -1.48. The van der Waals surface area contributed by atoms with Crippen LogP contribution in [0.4, 0.5) is 0 Å². The molecule has 8 heteroatoms. The topological polar surface area (TPSA) is 93.7 Å². The Bertz CT molecular complexity index is 730. The molecule has 0 aliphatic carbocycles. The molecule has 0 saturated carbocycles. The summed E-state index contributed by atoms with van der Waals surface area (Å²) in [5, 5.41) is 2.83. The van der Waals surface area contributed by atoms with E-state index >= 15 is 0 Å². The molecule has 2 unspecified atom stereocenters. The Morgan fingerprint density at radius 3 is 2.57 bits per heavy atom. The second-order valence-corrected chi connectivity index (χ2v) is 9.24. The highest BCUT2D eigenvalue weighted by molar-refractivity contribution is 7.88. The Morgan fingerprint density at radius 2 is 1.93 bits per heavy atom. The lowest BCUT2D eigenvalue weighted by atomic mass is 10.1. The molecule has 0 radical (unpaired) electrons. The SMILES string of the molecule is CC(C)NS(=O)(=O)Cc1ccccc1CNC(=O)C(C)OCC1CCCCO1. The highest BCUT2D eigenvalue weighted by Crippen LogP contribution is 2.14. The van der Waals surface area contributed by atoms with Crippen LogP contribution in [0.3, 0.4) is 0 Å². The molecular formula is C20H32N2O5S. The van der Waals surface area contributed by atoms with Crippen molar-refractivity contribution in [1.82, 2.24) is 10.0 Å². The number of carbonyl (C=O) groups is 1. The number of amides is 1. The summed E-state index contributed by atoms with van der Waals surface area (Å²) in [5.41, 5.74) is 1.44. The maximum absolute atomic E-state index is 12.3. The van der Waals surface area contributed by atoms with E-state index in [1.807, 2.05) is 12.1 Å². The molecule has 0 bridgehead atoms. The molecule has 0 aromatic heterocycles. The van der Waals surface area contributed by atoms with Crippen LogP contribution in [0, 0.1) is 0 Å². The van der Waals surface area contributed by atoms with Crippen molar-refractivity contribution in [2.24, 2.45) is 0 Å². The van der Waals surface area contributed by atoms with E-state index in [0.29, 0.717) is 12.2 Å². The van der Waals surface area contributed by atoms with Gasteiger partial charge in [0.05, 0.1) is 18.5 Å². The van der Waals surface area contributed by atoms with Gasteiger partial charge in [-0.15, -0.1) is 0 Å². The first-order valence-electron chi connectivity index (χ1n) is 9.84. The van der Waals surface area contributed by atoms with Gasteiger partial charge in [0.25, 0.3) is 0 Å². The summed E-state index contributed by atoms with van der Waals surface area (Å²) in [5.74, 6) is -0.351. The van der Waals surface area contributed by atoms with Crippen LogP contribution in [-0.2, 0) is 36.6 Å². The predicted molar refractivity (Wildman–Crippen MR) is 108 cm³/mol. The average Bonchev–Trinajstić information content (AvgIpc) is 2.64. The van der Waals surface area contributed by atoms with Crippen LogP contribution in [0.2, 0.25) is 0 Å². The zero-order valence-electron chi connectivity index (χ0n) is 16.9. The molecule has 7 nitrogen and oxygen atoms in total. The van der Waals surface area contributed by atoms with Crippen molar-refractivity contribution in [2.75, 3.05) is 13.2 Å². The van der Waals surface area contributed by atoms with E-state index in [2.05, 4.69) is 10.0 Å². The van der Waals surface area contributed by atoms with Crippen molar-refractivity contribution in [2.45, 2.75) is 70.6 Å². The molecule has 2 atom stereocenters. The van der Waals surface area contributed by atoms with Crippen LogP contribution >= 0.6 is 0 Å². The van der Waals surface area contributed by atoms with Gasteiger partial charge in [0.15, 0.2) is 0 Å². The van der Waals surface area contributed by atoms with Crippen LogP contribution in [0.1, 0.15) is 51.2 Å².